The zero-order valence-corrected chi connectivity index (χ0v) is 9.43. The molecule has 1 fully saturated rings. The molecular weight excluding hydrogens is 223 g/mol. The summed E-state index contributed by atoms with van der Waals surface area (Å²) in [5.74, 6) is 0.201. The fraction of sp³-hybridized carbons (Fsp3) is 0.500. The van der Waals surface area contributed by atoms with Gasteiger partial charge < -0.3 is 10.1 Å². The molecule has 1 amide bonds. The Morgan fingerprint density at radius 3 is 3.00 bits per heavy atom. The van der Waals surface area contributed by atoms with Crippen LogP contribution in [-0.2, 0) is 4.74 Å². The Hall–Kier alpha value is -1.65. The number of nitrogens with one attached hydrogen (secondary N) is 1. The summed E-state index contributed by atoms with van der Waals surface area (Å²) in [5, 5.41) is 7.26. The van der Waals surface area contributed by atoms with Crippen LogP contribution in [0.15, 0.2) is 24.3 Å². The minimum absolute atomic E-state index is 0.0421. The van der Waals surface area contributed by atoms with Gasteiger partial charge in [0.1, 0.15) is 0 Å². The molecule has 1 aliphatic carbocycles. The first-order chi connectivity index (χ1) is 8.16. The van der Waals surface area contributed by atoms with Crippen LogP contribution in [0.3, 0.4) is 0 Å². The van der Waals surface area contributed by atoms with E-state index in [4.69, 9.17) is 10.1 Å². The first-order valence-corrected chi connectivity index (χ1v) is 5.63. The Bertz CT molecular complexity index is 379. The minimum atomic E-state index is -1.33. The van der Waals surface area contributed by atoms with Crippen molar-refractivity contribution in [2.45, 2.75) is 12.6 Å². The van der Waals surface area contributed by atoms with Gasteiger partial charge in [-0.25, -0.2) is 9.18 Å². The number of allylic oxidation sites excluding steroid dienone is 3. The van der Waals surface area contributed by atoms with E-state index < -0.39 is 12.3 Å². The van der Waals surface area contributed by atoms with Gasteiger partial charge in [-0.05, 0) is 6.42 Å². The van der Waals surface area contributed by atoms with E-state index >= 15 is 0 Å². The number of halogens is 1. The lowest BCUT2D eigenvalue weighted by atomic mass is 10.0. The van der Waals surface area contributed by atoms with Crippen LogP contribution in [0.5, 0.6) is 0 Å². The summed E-state index contributed by atoms with van der Waals surface area (Å²) in [5.41, 5.74) is -0.0533. The fourth-order valence-corrected chi connectivity index (χ4v) is 1.84. The van der Waals surface area contributed by atoms with Crippen LogP contribution in [0.2, 0.25) is 0 Å². The lowest BCUT2D eigenvalue weighted by Crippen LogP contribution is -2.31. The van der Waals surface area contributed by atoms with Crippen LogP contribution in [0.4, 0.5) is 9.18 Å². The van der Waals surface area contributed by atoms with Gasteiger partial charge in [-0.3, -0.25) is 4.90 Å². The van der Waals surface area contributed by atoms with E-state index in [1.54, 1.807) is 0 Å². The van der Waals surface area contributed by atoms with Gasteiger partial charge in [0, 0.05) is 5.92 Å². The minimum Gasteiger partial charge on any atom is -0.449 e. The van der Waals surface area contributed by atoms with Gasteiger partial charge in [0.2, 0.25) is 0 Å². The number of amides is 1. The number of ether oxygens (including phenoxy) is 1. The highest BCUT2D eigenvalue weighted by Crippen LogP contribution is 2.14. The van der Waals surface area contributed by atoms with E-state index in [1.165, 1.54) is 4.90 Å². The maximum absolute atomic E-state index is 13.0. The van der Waals surface area contributed by atoms with E-state index in [0.29, 0.717) is 6.61 Å². The third-order valence-electron chi connectivity index (χ3n) is 2.87. The van der Waals surface area contributed by atoms with Gasteiger partial charge in [0.05, 0.1) is 25.4 Å². The van der Waals surface area contributed by atoms with Crippen LogP contribution in [0, 0.1) is 11.3 Å². The normalized spacial score (nSPS) is 27.6. The SMILES string of the molecule is N=C1CN(C(=O)OCC2C=CC=CC2)CC1F. The van der Waals surface area contributed by atoms with Crippen molar-refractivity contribution in [3.05, 3.63) is 24.3 Å². The lowest BCUT2D eigenvalue weighted by Gasteiger charge is -2.17. The van der Waals surface area contributed by atoms with Crippen molar-refractivity contribution in [3.63, 3.8) is 0 Å². The standard InChI is InChI=1S/C12H15FN2O2/c13-10-6-15(7-11(10)14)12(16)17-8-9-4-2-1-3-5-9/h1-4,9-10,14H,5-8H2. The average Bonchev–Trinajstić information content (AvgIpc) is 2.68. The van der Waals surface area contributed by atoms with Crippen LogP contribution in [0.1, 0.15) is 6.42 Å². The van der Waals surface area contributed by atoms with Crippen molar-refractivity contribution >= 4 is 11.8 Å². The van der Waals surface area contributed by atoms with Crippen molar-refractivity contribution in [2.24, 2.45) is 5.92 Å². The molecule has 2 rings (SSSR count). The van der Waals surface area contributed by atoms with Gasteiger partial charge in [-0.15, -0.1) is 0 Å². The van der Waals surface area contributed by atoms with Crippen LogP contribution in [-0.4, -0.2) is 42.6 Å². The molecule has 2 unspecified atom stereocenters. The monoisotopic (exact) mass is 238 g/mol. The molecule has 0 saturated carbocycles. The largest absolute Gasteiger partial charge is 0.449 e. The van der Waals surface area contributed by atoms with Crippen LogP contribution in [0.25, 0.3) is 0 Å². The molecular formula is C12H15FN2O2. The second-order valence-electron chi connectivity index (χ2n) is 4.26. The van der Waals surface area contributed by atoms with Crippen LogP contribution >= 0.6 is 0 Å². The summed E-state index contributed by atoms with van der Waals surface area (Å²) in [6.45, 7) is 0.291. The molecule has 0 bridgehead atoms. The number of hydrogen-bond acceptors (Lipinski definition) is 3. The number of likely N-dealkylation sites (tertiary alicyclic amines) is 1. The van der Waals surface area contributed by atoms with Gasteiger partial charge >= 0.3 is 6.09 Å². The predicted molar refractivity (Wildman–Crippen MR) is 61.9 cm³/mol. The number of alkyl halides is 1. The molecule has 17 heavy (non-hydrogen) atoms. The quantitative estimate of drug-likeness (QED) is 0.799. The van der Waals surface area contributed by atoms with Crippen LogP contribution < -0.4 is 0 Å². The van der Waals surface area contributed by atoms with E-state index in [1.807, 2.05) is 24.3 Å². The number of hydrogen-bond donors (Lipinski definition) is 1. The van der Waals surface area contributed by atoms with Crippen molar-refractivity contribution in [2.75, 3.05) is 19.7 Å². The lowest BCUT2D eigenvalue weighted by molar-refractivity contribution is 0.0991. The Morgan fingerprint density at radius 1 is 1.59 bits per heavy atom. The van der Waals surface area contributed by atoms with Crippen molar-refractivity contribution in [1.29, 1.82) is 5.41 Å². The van der Waals surface area contributed by atoms with Crippen molar-refractivity contribution in [3.8, 4) is 0 Å². The summed E-state index contributed by atoms with van der Waals surface area (Å²) in [6, 6.07) is 0. The van der Waals surface area contributed by atoms with E-state index in [0.717, 1.165) is 6.42 Å². The van der Waals surface area contributed by atoms with Crippen molar-refractivity contribution < 1.29 is 13.9 Å². The molecule has 1 aliphatic heterocycles. The maximum Gasteiger partial charge on any atom is 0.410 e. The Labute approximate surface area is 99.2 Å². The first kappa shape index (κ1) is 11.8. The molecule has 4 nitrogen and oxygen atoms in total. The molecule has 2 aliphatic rings. The molecule has 1 saturated heterocycles. The molecule has 2 atom stereocenters. The molecule has 92 valence electrons. The second kappa shape index (κ2) is 5.12. The molecule has 1 N–H and O–H groups in total. The third kappa shape index (κ3) is 2.93. The number of rotatable bonds is 2. The Morgan fingerprint density at radius 2 is 2.41 bits per heavy atom. The van der Waals surface area contributed by atoms with Gasteiger partial charge in [0.15, 0.2) is 6.17 Å². The van der Waals surface area contributed by atoms with Gasteiger partial charge in [-0.2, -0.15) is 0 Å². The molecule has 0 spiro atoms. The number of nitrogens with zero attached hydrogens (tertiary/aromatic N) is 1. The van der Waals surface area contributed by atoms with Gasteiger partial charge in [0.25, 0.3) is 0 Å². The van der Waals surface area contributed by atoms with Crippen molar-refractivity contribution in [1.82, 2.24) is 4.90 Å². The molecule has 0 aromatic carbocycles. The number of carbonyl (C=O) groups is 1. The Balaban J connectivity index is 1.76. The topological polar surface area (TPSA) is 53.4 Å². The van der Waals surface area contributed by atoms with E-state index in [-0.39, 0.29) is 24.7 Å². The number of carbonyl (C=O) groups excluding carboxylic acids is 1. The summed E-state index contributed by atoms with van der Waals surface area (Å²) < 4.78 is 18.1. The highest BCUT2D eigenvalue weighted by Gasteiger charge is 2.31. The smallest absolute Gasteiger partial charge is 0.410 e. The molecule has 0 radical (unpaired) electrons. The van der Waals surface area contributed by atoms with E-state index in [2.05, 4.69) is 0 Å². The highest BCUT2D eigenvalue weighted by molar-refractivity contribution is 5.93. The Kier molecular flexibility index (Phi) is 3.56. The zero-order chi connectivity index (χ0) is 12.3. The summed E-state index contributed by atoms with van der Waals surface area (Å²) in [6.07, 6.45) is 6.86. The summed E-state index contributed by atoms with van der Waals surface area (Å²) in [7, 11) is 0. The summed E-state index contributed by atoms with van der Waals surface area (Å²) >= 11 is 0. The average molecular weight is 238 g/mol. The fourth-order valence-electron chi connectivity index (χ4n) is 1.84. The van der Waals surface area contributed by atoms with Gasteiger partial charge in [-0.1, -0.05) is 24.3 Å². The third-order valence-corrected chi connectivity index (χ3v) is 2.87. The predicted octanol–water partition coefficient (Wildman–Crippen LogP) is 1.93. The molecule has 0 aromatic rings. The maximum atomic E-state index is 13.0. The summed E-state index contributed by atoms with van der Waals surface area (Å²) in [4.78, 5) is 12.8. The zero-order valence-electron chi connectivity index (χ0n) is 9.43. The molecule has 5 heteroatoms. The molecule has 0 aromatic heterocycles. The highest BCUT2D eigenvalue weighted by atomic mass is 19.1. The second-order valence-corrected chi connectivity index (χ2v) is 4.26. The molecule has 1 heterocycles. The first-order valence-electron chi connectivity index (χ1n) is 5.63. The van der Waals surface area contributed by atoms with E-state index in [9.17, 15) is 9.18 Å².